The van der Waals surface area contributed by atoms with E-state index in [4.69, 9.17) is 5.73 Å². The smallest absolute Gasteiger partial charge is 0.0275 e. The molecule has 2 heteroatoms. The van der Waals surface area contributed by atoms with Crippen molar-refractivity contribution in [2.75, 3.05) is 20.1 Å². The van der Waals surface area contributed by atoms with Gasteiger partial charge in [-0.15, -0.1) is 0 Å². The first-order valence-corrected chi connectivity index (χ1v) is 4.41. The third kappa shape index (κ3) is 2.64. The number of hydrogen-bond donors (Lipinski definition) is 1. The molecule has 64 valence electrons. The van der Waals surface area contributed by atoms with E-state index in [-0.39, 0.29) is 0 Å². The summed E-state index contributed by atoms with van der Waals surface area (Å²) in [7, 11) is 2.19. The van der Waals surface area contributed by atoms with Gasteiger partial charge in [0.2, 0.25) is 0 Å². The lowest BCUT2D eigenvalue weighted by molar-refractivity contribution is 0.222. The summed E-state index contributed by atoms with van der Waals surface area (Å²) in [5.41, 5.74) is 5.39. The van der Waals surface area contributed by atoms with Crippen LogP contribution in [0.2, 0.25) is 0 Å². The average molecular weight is 154 g/mol. The van der Waals surface area contributed by atoms with Crippen LogP contribution in [0.25, 0.3) is 0 Å². The maximum absolute atomic E-state index is 5.39. The van der Waals surface area contributed by atoms with Crippen LogP contribution in [0, 0.1) is 0 Å². The molecule has 1 unspecified atom stereocenters. The molecule has 1 saturated heterocycles. The van der Waals surface area contributed by atoms with Gasteiger partial charge in [0, 0.05) is 12.6 Å². The first kappa shape index (κ1) is 8.75. The van der Waals surface area contributed by atoms with Gasteiger partial charge in [-0.05, 0) is 26.4 Å². The minimum Gasteiger partial charge on any atom is -0.327 e. The van der Waals surface area contributed by atoms with Crippen LogP contribution in [0.15, 0.2) is 12.2 Å². The summed E-state index contributed by atoms with van der Waals surface area (Å²) in [5, 5.41) is 0. The third-order valence-electron chi connectivity index (χ3n) is 2.32. The molecule has 2 nitrogen and oxygen atoms in total. The molecule has 0 aromatic heterocycles. The predicted molar refractivity (Wildman–Crippen MR) is 48.5 cm³/mol. The predicted octanol–water partition coefficient (Wildman–Crippen LogP) is 0.986. The molecule has 11 heavy (non-hydrogen) atoms. The second kappa shape index (κ2) is 4.52. The Hall–Kier alpha value is -0.340. The molecular weight excluding hydrogens is 136 g/mol. The first-order chi connectivity index (χ1) is 5.34. The van der Waals surface area contributed by atoms with Crippen LogP contribution < -0.4 is 5.73 Å². The van der Waals surface area contributed by atoms with Crippen LogP contribution in [0.1, 0.15) is 19.3 Å². The van der Waals surface area contributed by atoms with Crippen LogP contribution in [0.5, 0.6) is 0 Å². The van der Waals surface area contributed by atoms with Crippen LogP contribution in [-0.4, -0.2) is 31.1 Å². The largest absolute Gasteiger partial charge is 0.327 e. The summed E-state index contributed by atoms with van der Waals surface area (Å²) in [4.78, 5) is 2.40. The molecule has 0 saturated carbocycles. The van der Waals surface area contributed by atoms with E-state index >= 15 is 0 Å². The number of rotatable bonds is 2. The molecule has 0 amide bonds. The summed E-state index contributed by atoms with van der Waals surface area (Å²) < 4.78 is 0. The highest BCUT2D eigenvalue weighted by Crippen LogP contribution is 2.15. The van der Waals surface area contributed by atoms with Crippen molar-refractivity contribution < 1.29 is 0 Å². The topological polar surface area (TPSA) is 29.3 Å². The number of nitrogens with zero attached hydrogens (tertiary/aromatic N) is 1. The zero-order chi connectivity index (χ0) is 8.10. The Morgan fingerprint density at radius 1 is 1.55 bits per heavy atom. The Bertz CT molecular complexity index is 132. The normalized spacial score (nSPS) is 28.0. The number of piperidine rings is 1. The van der Waals surface area contributed by atoms with Crippen molar-refractivity contribution in [3.05, 3.63) is 12.2 Å². The second-order valence-corrected chi connectivity index (χ2v) is 3.21. The standard InChI is InChI=1S/C9H18N2/c1-11-8-3-2-5-9(11)6-4-7-10/h4,6,9H,2-3,5,7-8,10H2,1H3/b6-4+. The number of nitrogens with two attached hydrogens (primary N) is 1. The molecule has 1 atom stereocenters. The Morgan fingerprint density at radius 3 is 3.00 bits per heavy atom. The monoisotopic (exact) mass is 154 g/mol. The average Bonchev–Trinajstić information content (AvgIpc) is 2.03. The van der Waals surface area contributed by atoms with Crippen molar-refractivity contribution in [3.8, 4) is 0 Å². The van der Waals surface area contributed by atoms with Crippen molar-refractivity contribution in [1.82, 2.24) is 4.90 Å². The summed E-state index contributed by atoms with van der Waals surface area (Å²) in [5.74, 6) is 0. The van der Waals surface area contributed by atoms with Crippen molar-refractivity contribution in [2.45, 2.75) is 25.3 Å². The molecule has 1 heterocycles. The fourth-order valence-corrected chi connectivity index (χ4v) is 1.58. The molecule has 0 spiro atoms. The zero-order valence-corrected chi connectivity index (χ0v) is 7.29. The SMILES string of the molecule is CN1CCCCC1/C=C/CN. The Morgan fingerprint density at radius 2 is 2.36 bits per heavy atom. The molecule has 1 aliphatic rings. The van der Waals surface area contributed by atoms with E-state index in [1.165, 1.54) is 25.8 Å². The summed E-state index contributed by atoms with van der Waals surface area (Å²) in [6, 6.07) is 0.646. The minimum atomic E-state index is 0.646. The van der Waals surface area contributed by atoms with Gasteiger partial charge in [0.05, 0.1) is 0 Å². The van der Waals surface area contributed by atoms with Gasteiger partial charge in [-0.3, -0.25) is 4.90 Å². The molecule has 1 rings (SSSR count). The van der Waals surface area contributed by atoms with Crippen LogP contribution in [0.4, 0.5) is 0 Å². The molecule has 0 aromatic carbocycles. The molecule has 1 aliphatic heterocycles. The Labute approximate surface area is 69.1 Å². The number of likely N-dealkylation sites (N-methyl/N-ethyl adjacent to an activating group) is 1. The lowest BCUT2D eigenvalue weighted by Crippen LogP contribution is -2.34. The Balaban J connectivity index is 2.35. The highest BCUT2D eigenvalue weighted by Gasteiger charge is 2.14. The van der Waals surface area contributed by atoms with Crippen molar-refractivity contribution in [2.24, 2.45) is 5.73 Å². The number of likely N-dealkylation sites (tertiary alicyclic amines) is 1. The minimum absolute atomic E-state index is 0.646. The van der Waals surface area contributed by atoms with E-state index in [2.05, 4.69) is 24.1 Å². The molecular formula is C9H18N2. The summed E-state index contributed by atoms with van der Waals surface area (Å²) >= 11 is 0. The summed E-state index contributed by atoms with van der Waals surface area (Å²) in [6.45, 7) is 1.91. The molecule has 0 radical (unpaired) electrons. The van der Waals surface area contributed by atoms with Crippen molar-refractivity contribution in [3.63, 3.8) is 0 Å². The van der Waals surface area contributed by atoms with E-state index in [0.717, 1.165) is 0 Å². The van der Waals surface area contributed by atoms with Gasteiger partial charge < -0.3 is 5.73 Å². The van der Waals surface area contributed by atoms with E-state index in [1.807, 2.05) is 0 Å². The van der Waals surface area contributed by atoms with Gasteiger partial charge in [0.25, 0.3) is 0 Å². The fraction of sp³-hybridized carbons (Fsp3) is 0.778. The van der Waals surface area contributed by atoms with Crippen molar-refractivity contribution >= 4 is 0 Å². The van der Waals surface area contributed by atoms with Gasteiger partial charge in [-0.2, -0.15) is 0 Å². The van der Waals surface area contributed by atoms with Gasteiger partial charge in [0.15, 0.2) is 0 Å². The summed E-state index contributed by atoms with van der Waals surface area (Å²) in [6.07, 6.45) is 8.31. The lowest BCUT2D eigenvalue weighted by atomic mass is 10.0. The number of hydrogen-bond acceptors (Lipinski definition) is 2. The lowest BCUT2D eigenvalue weighted by Gasteiger charge is -2.30. The van der Waals surface area contributed by atoms with Crippen LogP contribution in [0.3, 0.4) is 0 Å². The first-order valence-electron chi connectivity index (χ1n) is 4.41. The van der Waals surface area contributed by atoms with Gasteiger partial charge in [0.1, 0.15) is 0 Å². The maximum Gasteiger partial charge on any atom is 0.0275 e. The highest BCUT2D eigenvalue weighted by atomic mass is 15.1. The maximum atomic E-state index is 5.39. The third-order valence-corrected chi connectivity index (χ3v) is 2.32. The van der Waals surface area contributed by atoms with Gasteiger partial charge in [-0.1, -0.05) is 18.6 Å². The fourth-order valence-electron chi connectivity index (χ4n) is 1.58. The van der Waals surface area contributed by atoms with E-state index in [1.54, 1.807) is 0 Å². The van der Waals surface area contributed by atoms with Gasteiger partial charge >= 0.3 is 0 Å². The van der Waals surface area contributed by atoms with Crippen molar-refractivity contribution in [1.29, 1.82) is 0 Å². The van der Waals surface area contributed by atoms with Gasteiger partial charge in [-0.25, -0.2) is 0 Å². The molecule has 2 N–H and O–H groups in total. The van der Waals surface area contributed by atoms with E-state index in [9.17, 15) is 0 Å². The molecule has 1 fully saturated rings. The van der Waals surface area contributed by atoms with E-state index in [0.29, 0.717) is 12.6 Å². The quantitative estimate of drug-likeness (QED) is 0.601. The molecule has 0 aliphatic carbocycles. The van der Waals surface area contributed by atoms with Crippen LogP contribution in [-0.2, 0) is 0 Å². The van der Waals surface area contributed by atoms with Crippen LogP contribution >= 0.6 is 0 Å². The highest BCUT2D eigenvalue weighted by molar-refractivity contribution is 4.95. The second-order valence-electron chi connectivity index (χ2n) is 3.21. The van der Waals surface area contributed by atoms with E-state index < -0.39 is 0 Å². The molecule has 0 aromatic rings. The zero-order valence-electron chi connectivity index (χ0n) is 7.29. The molecule has 0 bridgehead atoms. The Kier molecular flexibility index (Phi) is 3.60.